The second kappa shape index (κ2) is 4.45. The van der Waals surface area contributed by atoms with E-state index in [1.807, 2.05) is 0 Å². The zero-order chi connectivity index (χ0) is 10.6. The molecule has 0 aromatic carbocycles. The molecule has 0 fully saturated rings. The van der Waals surface area contributed by atoms with Crippen LogP contribution in [-0.2, 0) is 9.53 Å². The van der Waals surface area contributed by atoms with Crippen molar-refractivity contribution in [3.63, 3.8) is 0 Å². The molecule has 0 saturated heterocycles. The molecule has 0 bridgehead atoms. The summed E-state index contributed by atoms with van der Waals surface area (Å²) in [7, 11) is 0. The quantitative estimate of drug-likeness (QED) is 0.752. The first-order valence-corrected chi connectivity index (χ1v) is 3.67. The van der Waals surface area contributed by atoms with E-state index < -0.39 is 30.8 Å². The smallest absolute Gasteiger partial charge is 0.414 e. The van der Waals surface area contributed by atoms with Crippen molar-refractivity contribution >= 4 is 5.97 Å². The molecule has 0 aromatic heterocycles. The summed E-state index contributed by atoms with van der Waals surface area (Å²) in [5.41, 5.74) is 0. The molecule has 1 N–H and O–H groups in total. The van der Waals surface area contributed by atoms with E-state index in [9.17, 15) is 18.0 Å². The van der Waals surface area contributed by atoms with Crippen LogP contribution in [0.4, 0.5) is 13.2 Å². The maximum absolute atomic E-state index is 11.9. The summed E-state index contributed by atoms with van der Waals surface area (Å²) in [6.45, 7) is 2.13. The van der Waals surface area contributed by atoms with Crippen molar-refractivity contribution in [2.24, 2.45) is 0 Å². The van der Waals surface area contributed by atoms with E-state index >= 15 is 0 Å². The van der Waals surface area contributed by atoms with Crippen LogP contribution < -0.4 is 0 Å². The number of hydrogen-bond acceptors (Lipinski definition) is 2. The van der Waals surface area contributed by atoms with Gasteiger partial charge in [0.25, 0.3) is 0 Å². The number of aliphatic carboxylic acids is 1. The number of hydrogen-bond donors (Lipinski definition) is 1. The van der Waals surface area contributed by atoms with Gasteiger partial charge in [-0.05, 0) is 13.8 Å². The van der Waals surface area contributed by atoms with Crippen LogP contribution in [0, 0.1) is 0 Å². The number of carbonyl (C=O) groups is 1. The lowest BCUT2D eigenvalue weighted by Gasteiger charge is -2.20. The van der Waals surface area contributed by atoms with E-state index in [2.05, 4.69) is 4.74 Å². The van der Waals surface area contributed by atoms with Crippen molar-refractivity contribution in [1.82, 2.24) is 0 Å². The molecule has 6 heteroatoms. The summed E-state index contributed by atoms with van der Waals surface area (Å²) in [4.78, 5) is 10.1. The molecular weight excluding hydrogens is 189 g/mol. The minimum absolute atomic E-state index is 0.430. The molecule has 0 aliphatic heterocycles. The van der Waals surface area contributed by atoms with Crippen molar-refractivity contribution < 1.29 is 27.8 Å². The van der Waals surface area contributed by atoms with Crippen molar-refractivity contribution in [3.05, 3.63) is 0 Å². The minimum Gasteiger partial charge on any atom is -0.481 e. The van der Waals surface area contributed by atoms with Crippen LogP contribution in [0.1, 0.15) is 20.3 Å². The second-order valence-electron chi connectivity index (χ2n) is 2.73. The lowest BCUT2D eigenvalue weighted by Crippen LogP contribution is -2.32. The van der Waals surface area contributed by atoms with Gasteiger partial charge in [-0.15, -0.1) is 0 Å². The molecule has 0 rings (SSSR count). The van der Waals surface area contributed by atoms with Crippen molar-refractivity contribution in [1.29, 1.82) is 0 Å². The third-order valence-corrected chi connectivity index (χ3v) is 1.36. The summed E-state index contributed by atoms with van der Waals surface area (Å²) < 4.78 is 40.0. The fraction of sp³-hybridized carbons (Fsp3) is 0.857. The number of rotatable bonds is 4. The molecule has 0 saturated carbocycles. The zero-order valence-electron chi connectivity index (χ0n) is 7.26. The van der Waals surface area contributed by atoms with Crippen LogP contribution >= 0.6 is 0 Å². The molecule has 0 aliphatic carbocycles. The average molecular weight is 200 g/mol. The fourth-order valence-corrected chi connectivity index (χ4v) is 0.720. The molecule has 0 aliphatic rings. The first-order valence-electron chi connectivity index (χ1n) is 3.67. The Hall–Kier alpha value is -0.780. The van der Waals surface area contributed by atoms with Crippen molar-refractivity contribution in [3.8, 4) is 0 Å². The molecule has 13 heavy (non-hydrogen) atoms. The summed E-state index contributed by atoms with van der Waals surface area (Å²) >= 11 is 0. The summed E-state index contributed by atoms with van der Waals surface area (Å²) in [5, 5.41) is 8.24. The average Bonchev–Trinajstić information content (AvgIpc) is 1.82. The Kier molecular flexibility index (Phi) is 4.19. The van der Waals surface area contributed by atoms with Gasteiger partial charge in [0.15, 0.2) is 6.10 Å². The standard InChI is InChI=1S/C7H11F3O3/c1-4(3-6(11)12)13-5(2)7(8,9)10/h4-5H,3H2,1-2H3,(H,11,12)/t4-,5?/m1/s1. The van der Waals surface area contributed by atoms with Gasteiger partial charge in [0.05, 0.1) is 12.5 Å². The van der Waals surface area contributed by atoms with Gasteiger partial charge in [0, 0.05) is 0 Å². The normalized spacial score (nSPS) is 16.7. The largest absolute Gasteiger partial charge is 0.481 e. The first kappa shape index (κ1) is 12.2. The molecule has 0 aromatic rings. The summed E-state index contributed by atoms with van der Waals surface area (Å²) in [6, 6.07) is 0. The Bertz CT molecular complexity index is 178. The predicted molar refractivity (Wildman–Crippen MR) is 38.3 cm³/mol. The highest BCUT2D eigenvalue weighted by molar-refractivity contribution is 5.67. The fourth-order valence-electron chi connectivity index (χ4n) is 0.720. The topological polar surface area (TPSA) is 46.5 Å². The maximum atomic E-state index is 11.9. The molecule has 78 valence electrons. The molecule has 1 unspecified atom stereocenters. The lowest BCUT2D eigenvalue weighted by molar-refractivity contribution is -0.226. The molecule has 3 nitrogen and oxygen atoms in total. The molecule has 2 atom stereocenters. The van der Waals surface area contributed by atoms with Crippen molar-refractivity contribution in [2.75, 3.05) is 0 Å². The molecular formula is C7H11F3O3. The molecule has 0 radical (unpaired) electrons. The van der Waals surface area contributed by atoms with Gasteiger partial charge in [0.1, 0.15) is 0 Å². The number of carboxylic acids is 1. The maximum Gasteiger partial charge on any atom is 0.414 e. The lowest BCUT2D eigenvalue weighted by atomic mass is 10.3. The monoisotopic (exact) mass is 200 g/mol. The third kappa shape index (κ3) is 5.46. The summed E-state index contributed by atoms with van der Waals surface area (Å²) in [6.07, 6.45) is -7.73. The van der Waals surface area contributed by atoms with Crippen LogP contribution in [-0.4, -0.2) is 29.5 Å². The Morgan fingerprint density at radius 1 is 1.46 bits per heavy atom. The third-order valence-electron chi connectivity index (χ3n) is 1.36. The zero-order valence-corrected chi connectivity index (χ0v) is 7.26. The van der Waals surface area contributed by atoms with Gasteiger partial charge in [-0.1, -0.05) is 0 Å². The number of alkyl halides is 3. The molecule has 0 heterocycles. The predicted octanol–water partition coefficient (Wildman–Crippen LogP) is 1.82. The van der Waals surface area contributed by atoms with E-state index in [-0.39, 0.29) is 0 Å². The van der Waals surface area contributed by atoms with E-state index in [0.29, 0.717) is 0 Å². The van der Waals surface area contributed by atoms with Crippen molar-refractivity contribution in [2.45, 2.75) is 38.7 Å². The Labute approximate surface area is 73.5 Å². The van der Waals surface area contributed by atoms with Gasteiger partial charge < -0.3 is 9.84 Å². The Morgan fingerprint density at radius 3 is 2.23 bits per heavy atom. The number of carboxylic acid groups (broad SMARTS) is 1. The van der Waals surface area contributed by atoms with E-state index in [4.69, 9.17) is 5.11 Å². The minimum atomic E-state index is -4.44. The highest BCUT2D eigenvalue weighted by Crippen LogP contribution is 2.23. The van der Waals surface area contributed by atoms with Gasteiger partial charge in [-0.3, -0.25) is 4.79 Å². The van der Waals surface area contributed by atoms with Gasteiger partial charge >= 0.3 is 12.1 Å². The van der Waals surface area contributed by atoms with Crippen LogP contribution in [0.15, 0.2) is 0 Å². The van der Waals surface area contributed by atoms with Crippen LogP contribution in [0.25, 0.3) is 0 Å². The Balaban J connectivity index is 3.92. The Morgan fingerprint density at radius 2 is 1.92 bits per heavy atom. The SMILES string of the molecule is CC(O[C@H](C)CC(=O)O)C(F)(F)F. The van der Waals surface area contributed by atoms with Gasteiger partial charge in [-0.2, -0.15) is 13.2 Å². The number of halogens is 3. The summed E-state index contributed by atoms with van der Waals surface area (Å²) in [5.74, 6) is -1.18. The van der Waals surface area contributed by atoms with Gasteiger partial charge in [-0.25, -0.2) is 0 Å². The van der Waals surface area contributed by atoms with E-state index in [1.165, 1.54) is 6.92 Å². The molecule has 0 spiro atoms. The second-order valence-corrected chi connectivity index (χ2v) is 2.73. The van der Waals surface area contributed by atoms with Crippen LogP contribution in [0.3, 0.4) is 0 Å². The highest BCUT2D eigenvalue weighted by atomic mass is 19.4. The number of ether oxygens (including phenoxy) is 1. The first-order chi connectivity index (χ1) is 5.73. The van der Waals surface area contributed by atoms with Crippen LogP contribution in [0.2, 0.25) is 0 Å². The van der Waals surface area contributed by atoms with E-state index in [1.54, 1.807) is 0 Å². The molecule has 0 amide bonds. The van der Waals surface area contributed by atoms with Crippen LogP contribution in [0.5, 0.6) is 0 Å². The van der Waals surface area contributed by atoms with Gasteiger partial charge in [0.2, 0.25) is 0 Å². The highest BCUT2D eigenvalue weighted by Gasteiger charge is 2.38. The van der Waals surface area contributed by atoms with E-state index in [0.717, 1.165) is 6.92 Å².